The van der Waals surface area contributed by atoms with E-state index >= 15 is 0 Å². The highest BCUT2D eigenvalue weighted by Gasteiger charge is 2.24. The predicted molar refractivity (Wildman–Crippen MR) is 100 cm³/mol. The third-order valence-electron chi connectivity index (χ3n) is 5.80. The summed E-state index contributed by atoms with van der Waals surface area (Å²) in [5.74, 6) is -0.0948. The molecule has 1 aliphatic heterocycles. The Hall–Kier alpha value is -2.21. The van der Waals surface area contributed by atoms with Gasteiger partial charge in [0.1, 0.15) is 0 Å². The number of carbonyl (C=O) groups excluding carboxylic acids is 1. The van der Waals surface area contributed by atoms with Crippen molar-refractivity contribution in [2.45, 2.75) is 58.5 Å². The van der Waals surface area contributed by atoms with E-state index in [1.54, 1.807) is 0 Å². The van der Waals surface area contributed by atoms with Gasteiger partial charge in [0.2, 0.25) is 0 Å². The zero-order chi connectivity index (χ0) is 18.1. The van der Waals surface area contributed by atoms with E-state index in [0.717, 1.165) is 50.3 Å². The minimum Gasteiger partial charge on any atom is -0.348 e. The monoisotopic (exact) mass is 353 g/mol. The smallest absolute Gasteiger partial charge is 0.273 e. The van der Waals surface area contributed by atoms with Crippen LogP contribution < -0.4 is 5.32 Å². The molecule has 1 fully saturated rings. The van der Waals surface area contributed by atoms with Crippen molar-refractivity contribution in [1.29, 1.82) is 0 Å². The fraction of sp³-hybridized carbons (Fsp3) is 0.550. The molecule has 138 valence electrons. The van der Waals surface area contributed by atoms with Crippen LogP contribution in [-0.4, -0.2) is 44.9 Å². The second-order valence-corrected chi connectivity index (χ2v) is 7.42. The Morgan fingerprint density at radius 2 is 2.12 bits per heavy atom. The van der Waals surface area contributed by atoms with Gasteiger partial charge in [0, 0.05) is 19.1 Å². The van der Waals surface area contributed by atoms with Gasteiger partial charge in [-0.05, 0) is 49.9 Å². The van der Waals surface area contributed by atoms with E-state index in [-0.39, 0.29) is 11.9 Å². The lowest BCUT2D eigenvalue weighted by Crippen LogP contribution is -2.33. The van der Waals surface area contributed by atoms with Crippen LogP contribution >= 0.6 is 0 Å². The van der Waals surface area contributed by atoms with Crippen molar-refractivity contribution in [3.05, 3.63) is 40.7 Å². The summed E-state index contributed by atoms with van der Waals surface area (Å²) in [6, 6.07) is 6.64. The number of carbonyl (C=O) groups is 1. The summed E-state index contributed by atoms with van der Waals surface area (Å²) in [6.07, 6.45) is 5.53. The van der Waals surface area contributed by atoms with Gasteiger partial charge in [0.15, 0.2) is 5.69 Å². The molecule has 6 heteroatoms. The van der Waals surface area contributed by atoms with Crippen molar-refractivity contribution in [3.63, 3.8) is 0 Å². The predicted octanol–water partition coefficient (Wildman–Crippen LogP) is 2.63. The molecule has 1 saturated carbocycles. The number of likely N-dealkylation sites (N-methyl/N-ethyl adjacent to an activating group) is 1. The molecule has 0 bridgehead atoms. The van der Waals surface area contributed by atoms with Gasteiger partial charge in [-0.1, -0.05) is 37.1 Å². The van der Waals surface area contributed by atoms with Crippen LogP contribution in [0.5, 0.6) is 0 Å². The highest BCUT2D eigenvalue weighted by Crippen LogP contribution is 2.26. The number of nitrogens with one attached hydrogen (secondary N) is 1. The summed E-state index contributed by atoms with van der Waals surface area (Å²) in [5, 5.41) is 11.6. The van der Waals surface area contributed by atoms with Crippen molar-refractivity contribution in [2.24, 2.45) is 0 Å². The molecule has 1 aliphatic carbocycles. The summed E-state index contributed by atoms with van der Waals surface area (Å²) in [6.45, 7) is 7.24. The summed E-state index contributed by atoms with van der Waals surface area (Å²) in [7, 11) is 0. The van der Waals surface area contributed by atoms with Crippen LogP contribution in [-0.2, 0) is 13.0 Å². The normalized spacial score (nSPS) is 18.1. The lowest BCUT2D eigenvalue weighted by atomic mass is 9.97. The number of fused-ring (bicyclic) bond motifs is 1. The van der Waals surface area contributed by atoms with E-state index in [1.807, 2.05) is 11.6 Å². The van der Waals surface area contributed by atoms with Gasteiger partial charge in [-0.2, -0.15) is 0 Å². The second kappa shape index (κ2) is 7.19. The maximum Gasteiger partial charge on any atom is 0.273 e. The molecule has 0 spiro atoms. The number of aromatic nitrogens is 3. The second-order valence-electron chi connectivity index (χ2n) is 7.42. The third kappa shape index (κ3) is 3.14. The quantitative estimate of drug-likeness (QED) is 0.918. The van der Waals surface area contributed by atoms with Crippen molar-refractivity contribution in [2.75, 3.05) is 13.1 Å². The van der Waals surface area contributed by atoms with Gasteiger partial charge in [0.05, 0.1) is 11.4 Å². The zero-order valence-corrected chi connectivity index (χ0v) is 15.7. The number of hydrogen-bond donors (Lipinski definition) is 1. The molecule has 2 aliphatic rings. The summed E-state index contributed by atoms with van der Waals surface area (Å²) < 4.78 is 1.84. The molecule has 1 aromatic heterocycles. The maximum absolute atomic E-state index is 12.6. The van der Waals surface area contributed by atoms with Gasteiger partial charge in [-0.15, -0.1) is 5.10 Å². The summed E-state index contributed by atoms with van der Waals surface area (Å²) in [5.41, 5.74) is 4.99. The van der Waals surface area contributed by atoms with Gasteiger partial charge in [-0.25, -0.2) is 4.68 Å². The Balaban J connectivity index is 1.61. The first-order valence-corrected chi connectivity index (χ1v) is 9.74. The van der Waals surface area contributed by atoms with E-state index in [2.05, 4.69) is 45.7 Å². The van der Waals surface area contributed by atoms with Crippen LogP contribution in [0.1, 0.15) is 59.9 Å². The third-order valence-corrected chi connectivity index (χ3v) is 5.80. The molecule has 1 N–H and O–H groups in total. The standard InChI is InChI=1S/C20H27N5O/c1-3-24-12-11-17-15(13-24)7-6-10-18(17)25-14(2)19(22-23-25)20(26)21-16-8-4-5-9-16/h6-7,10,16H,3-5,8-9,11-13H2,1-2H3,(H,21,26). The Morgan fingerprint density at radius 3 is 2.88 bits per heavy atom. The van der Waals surface area contributed by atoms with Gasteiger partial charge in [-0.3, -0.25) is 9.69 Å². The first-order valence-electron chi connectivity index (χ1n) is 9.74. The molecule has 0 atom stereocenters. The first kappa shape index (κ1) is 17.2. The fourth-order valence-electron chi connectivity index (χ4n) is 4.21. The van der Waals surface area contributed by atoms with E-state index in [4.69, 9.17) is 0 Å². The van der Waals surface area contributed by atoms with Crippen molar-refractivity contribution in [1.82, 2.24) is 25.2 Å². The summed E-state index contributed by atoms with van der Waals surface area (Å²) >= 11 is 0. The number of rotatable bonds is 4. The van der Waals surface area contributed by atoms with Crippen LogP contribution in [0.3, 0.4) is 0 Å². The Bertz CT molecular complexity index is 807. The number of hydrogen-bond acceptors (Lipinski definition) is 4. The number of benzene rings is 1. The minimum atomic E-state index is -0.0948. The average Bonchev–Trinajstić information content (AvgIpc) is 3.30. The Kier molecular flexibility index (Phi) is 4.76. The largest absolute Gasteiger partial charge is 0.348 e. The molecule has 26 heavy (non-hydrogen) atoms. The van der Waals surface area contributed by atoms with Crippen LogP contribution in [0, 0.1) is 6.92 Å². The molecule has 0 saturated heterocycles. The van der Waals surface area contributed by atoms with Crippen molar-refractivity contribution >= 4 is 5.91 Å². The average molecular weight is 353 g/mol. The molecule has 2 aromatic rings. The zero-order valence-electron chi connectivity index (χ0n) is 15.7. The molecule has 6 nitrogen and oxygen atoms in total. The summed E-state index contributed by atoms with van der Waals surface area (Å²) in [4.78, 5) is 15.0. The van der Waals surface area contributed by atoms with Crippen LogP contribution in [0.2, 0.25) is 0 Å². The highest BCUT2D eigenvalue weighted by molar-refractivity contribution is 5.93. The van der Waals surface area contributed by atoms with Crippen LogP contribution in [0.25, 0.3) is 5.69 Å². The Labute approximate surface area is 154 Å². The molecular weight excluding hydrogens is 326 g/mol. The first-order chi connectivity index (χ1) is 12.7. The highest BCUT2D eigenvalue weighted by atomic mass is 16.2. The van der Waals surface area contributed by atoms with Crippen molar-refractivity contribution < 1.29 is 4.79 Å². The van der Waals surface area contributed by atoms with Crippen LogP contribution in [0.4, 0.5) is 0 Å². The van der Waals surface area contributed by atoms with E-state index < -0.39 is 0 Å². The SMILES string of the molecule is CCN1CCc2c(cccc2-n2nnc(C(=O)NC3CCCC3)c2C)C1. The van der Waals surface area contributed by atoms with Gasteiger partial charge in [0.25, 0.3) is 5.91 Å². The van der Waals surface area contributed by atoms with Crippen LogP contribution in [0.15, 0.2) is 18.2 Å². The number of amides is 1. The number of nitrogens with zero attached hydrogens (tertiary/aromatic N) is 4. The molecule has 0 unspecified atom stereocenters. The Morgan fingerprint density at radius 1 is 1.31 bits per heavy atom. The molecule has 0 radical (unpaired) electrons. The lowest BCUT2D eigenvalue weighted by molar-refractivity contribution is 0.0932. The topological polar surface area (TPSA) is 63.1 Å². The lowest BCUT2D eigenvalue weighted by Gasteiger charge is -2.29. The molecule has 2 heterocycles. The van der Waals surface area contributed by atoms with Crippen molar-refractivity contribution in [3.8, 4) is 5.69 Å². The van der Waals surface area contributed by atoms with Gasteiger partial charge >= 0.3 is 0 Å². The van der Waals surface area contributed by atoms with E-state index in [1.165, 1.54) is 24.0 Å². The molecule has 1 amide bonds. The minimum absolute atomic E-state index is 0.0948. The van der Waals surface area contributed by atoms with Gasteiger partial charge < -0.3 is 5.32 Å². The molecular formula is C20H27N5O. The molecule has 4 rings (SSSR count). The maximum atomic E-state index is 12.6. The molecule has 1 aromatic carbocycles. The van der Waals surface area contributed by atoms with E-state index in [0.29, 0.717) is 5.69 Å². The fourth-order valence-corrected chi connectivity index (χ4v) is 4.21. The van der Waals surface area contributed by atoms with E-state index in [9.17, 15) is 4.79 Å².